The van der Waals surface area contributed by atoms with Crippen LogP contribution in [0, 0.1) is 0 Å². The predicted octanol–water partition coefficient (Wildman–Crippen LogP) is 2.10. The molecule has 2 aromatic heterocycles. The van der Waals surface area contributed by atoms with Crippen LogP contribution in [0.1, 0.15) is 11.3 Å². The molecule has 0 fully saturated rings. The Morgan fingerprint density at radius 1 is 1.24 bits per heavy atom. The van der Waals surface area contributed by atoms with Crippen LogP contribution in [0.5, 0.6) is 0 Å². The van der Waals surface area contributed by atoms with Crippen LogP contribution in [0.3, 0.4) is 0 Å². The number of alkyl halides is 3. The van der Waals surface area contributed by atoms with Crippen molar-refractivity contribution in [1.82, 2.24) is 19.8 Å². The van der Waals surface area contributed by atoms with E-state index in [1.165, 1.54) is 12.1 Å². The summed E-state index contributed by atoms with van der Waals surface area (Å²) in [6.45, 7) is -0.672. The molecule has 0 amide bonds. The number of hydrogen-bond donors (Lipinski definition) is 3. The summed E-state index contributed by atoms with van der Waals surface area (Å²) < 4.78 is 69.4. The maximum absolute atomic E-state index is 12.7. The van der Waals surface area contributed by atoms with Gasteiger partial charge in [-0.2, -0.15) is 13.2 Å². The van der Waals surface area contributed by atoms with E-state index in [0.29, 0.717) is 11.8 Å². The zero-order chi connectivity index (χ0) is 18.4. The van der Waals surface area contributed by atoms with Crippen LogP contribution in [-0.4, -0.2) is 23.5 Å². The Labute approximate surface area is 145 Å². The number of hydrogen-bond acceptors (Lipinski definition) is 5. The average molecular weight is 441 g/mol. The first kappa shape index (κ1) is 17.7. The number of sulfonamides is 1. The zero-order valence-corrected chi connectivity index (χ0v) is 14.3. The SMILES string of the molecule is O=c1[nH]c2cc(Br)c(S(=O)(=O)NCc3conc3C(F)(F)F)cc2[nH]1. The molecule has 25 heavy (non-hydrogen) atoms. The quantitative estimate of drug-likeness (QED) is 0.573. The van der Waals surface area contributed by atoms with Crippen molar-refractivity contribution in [2.24, 2.45) is 0 Å². The van der Waals surface area contributed by atoms with Crippen molar-refractivity contribution >= 4 is 37.0 Å². The van der Waals surface area contributed by atoms with E-state index in [1.54, 1.807) is 0 Å². The fraction of sp³-hybridized carbons (Fsp3) is 0.167. The van der Waals surface area contributed by atoms with Crippen LogP contribution in [0.4, 0.5) is 13.2 Å². The summed E-state index contributed by atoms with van der Waals surface area (Å²) in [6, 6.07) is 2.54. The van der Waals surface area contributed by atoms with Gasteiger partial charge in [0.15, 0.2) is 5.69 Å². The minimum absolute atomic E-state index is 0.129. The fourth-order valence-electron chi connectivity index (χ4n) is 2.11. The molecule has 0 aliphatic rings. The van der Waals surface area contributed by atoms with Crippen LogP contribution < -0.4 is 10.4 Å². The van der Waals surface area contributed by atoms with Gasteiger partial charge in [0.05, 0.1) is 15.9 Å². The van der Waals surface area contributed by atoms with Crippen molar-refractivity contribution in [1.29, 1.82) is 0 Å². The number of imidazole rings is 1. The molecule has 0 saturated carbocycles. The second kappa shape index (κ2) is 6.00. The Balaban J connectivity index is 1.91. The zero-order valence-electron chi connectivity index (χ0n) is 11.9. The highest BCUT2D eigenvalue weighted by Gasteiger charge is 2.37. The second-order valence-corrected chi connectivity index (χ2v) is 7.51. The highest BCUT2D eigenvalue weighted by atomic mass is 79.9. The Hall–Kier alpha value is -2.12. The third-order valence-corrected chi connectivity index (χ3v) is 5.58. The van der Waals surface area contributed by atoms with Gasteiger partial charge in [-0.25, -0.2) is 17.9 Å². The van der Waals surface area contributed by atoms with Gasteiger partial charge in [-0.3, -0.25) is 0 Å². The number of rotatable bonds is 4. The largest absolute Gasteiger partial charge is 0.437 e. The molecule has 3 aromatic rings. The van der Waals surface area contributed by atoms with Crippen molar-refractivity contribution in [3.63, 3.8) is 0 Å². The Kier molecular flexibility index (Phi) is 4.25. The van der Waals surface area contributed by atoms with E-state index in [-0.39, 0.29) is 14.9 Å². The standard InChI is InChI=1S/C12H8BrF3N4O4S/c13-6-1-7-8(19-11(21)18-7)2-9(6)25(22,23)17-3-5-4-24-20-10(5)12(14,15)16/h1-2,4,17H,3H2,(H2,18,19,21). The van der Waals surface area contributed by atoms with Crippen molar-refractivity contribution in [3.05, 3.63) is 44.6 Å². The average Bonchev–Trinajstić information content (AvgIpc) is 3.08. The first-order valence-electron chi connectivity index (χ1n) is 6.49. The van der Waals surface area contributed by atoms with Gasteiger partial charge in [-0.05, 0) is 28.1 Å². The number of H-pyrrole nitrogens is 2. The van der Waals surface area contributed by atoms with Crippen molar-refractivity contribution < 1.29 is 26.1 Å². The topological polar surface area (TPSA) is 121 Å². The lowest BCUT2D eigenvalue weighted by molar-refractivity contribution is -0.143. The van der Waals surface area contributed by atoms with E-state index in [1.807, 2.05) is 4.72 Å². The summed E-state index contributed by atoms with van der Waals surface area (Å²) in [5.74, 6) is 0. The smallest absolute Gasteiger partial charge is 0.364 e. The first-order valence-corrected chi connectivity index (χ1v) is 8.77. The van der Waals surface area contributed by atoms with E-state index < -0.39 is 39.7 Å². The summed E-state index contributed by atoms with van der Waals surface area (Å²) in [6.07, 6.45) is -4.05. The van der Waals surface area contributed by atoms with E-state index in [9.17, 15) is 26.4 Å². The number of benzene rings is 1. The van der Waals surface area contributed by atoms with Crippen LogP contribution in [-0.2, 0) is 22.7 Å². The lowest BCUT2D eigenvalue weighted by Gasteiger charge is -2.09. The number of aromatic amines is 2. The lowest BCUT2D eigenvalue weighted by Crippen LogP contribution is -2.25. The molecule has 0 radical (unpaired) electrons. The van der Waals surface area contributed by atoms with E-state index in [0.717, 1.165) is 0 Å². The predicted molar refractivity (Wildman–Crippen MR) is 82.1 cm³/mol. The van der Waals surface area contributed by atoms with E-state index in [2.05, 4.69) is 35.6 Å². The maximum Gasteiger partial charge on any atom is 0.437 e. The minimum atomic E-state index is -4.77. The molecule has 3 N–H and O–H groups in total. The number of fused-ring (bicyclic) bond motifs is 1. The van der Waals surface area contributed by atoms with Gasteiger partial charge in [0, 0.05) is 16.6 Å². The van der Waals surface area contributed by atoms with Gasteiger partial charge in [0.1, 0.15) is 6.26 Å². The number of nitrogens with one attached hydrogen (secondary N) is 3. The highest BCUT2D eigenvalue weighted by Crippen LogP contribution is 2.31. The van der Waals surface area contributed by atoms with Crippen molar-refractivity contribution in [2.75, 3.05) is 0 Å². The Morgan fingerprint density at radius 3 is 2.52 bits per heavy atom. The first-order chi connectivity index (χ1) is 11.6. The molecule has 0 spiro atoms. The van der Waals surface area contributed by atoms with Gasteiger partial charge in [0.25, 0.3) is 0 Å². The summed E-state index contributed by atoms with van der Waals surface area (Å²) >= 11 is 3.06. The Bertz CT molecular complexity index is 1100. The van der Waals surface area contributed by atoms with Crippen LogP contribution in [0.25, 0.3) is 11.0 Å². The van der Waals surface area contributed by atoms with Gasteiger partial charge < -0.3 is 14.5 Å². The summed E-state index contributed by atoms with van der Waals surface area (Å²) in [4.78, 5) is 15.9. The molecule has 0 aliphatic carbocycles. The number of halogens is 4. The molecular formula is C12H8BrF3N4O4S. The van der Waals surface area contributed by atoms with Crippen LogP contribution in [0.2, 0.25) is 0 Å². The van der Waals surface area contributed by atoms with Gasteiger partial charge >= 0.3 is 11.9 Å². The van der Waals surface area contributed by atoms with Gasteiger partial charge in [0.2, 0.25) is 10.0 Å². The molecule has 134 valence electrons. The molecule has 8 nitrogen and oxygen atoms in total. The van der Waals surface area contributed by atoms with Crippen LogP contribution in [0.15, 0.2) is 37.1 Å². The van der Waals surface area contributed by atoms with Crippen molar-refractivity contribution in [2.45, 2.75) is 17.6 Å². The van der Waals surface area contributed by atoms with E-state index >= 15 is 0 Å². The highest BCUT2D eigenvalue weighted by molar-refractivity contribution is 9.10. The third-order valence-electron chi connectivity index (χ3n) is 3.22. The molecule has 0 aliphatic heterocycles. The fourth-order valence-corrected chi connectivity index (χ4v) is 4.18. The summed E-state index contributed by atoms with van der Waals surface area (Å²) in [5, 5.41) is 2.83. The van der Waals surface area contributed by atoms with E-state index in [4.69, 9.17) is 0 Å². The monoisotopic (exact) mass is 440 g/mol. The molecule has 0 atom stereocenters. The molecular weight excluding hydrogens is 433 g/mol. The Morgan fingerprint density at radius 2 is 1.88 bits per heavy atom. The van der Waals surface area contributed by atoms with Crippen LogP contribution >= 0.6 is 15.9 Å². The molecule has 0 bridgehead atoms. The molecule has 13 heteroatoms. The third kappa shape index (κ3) is 3.48. The molecule has 1 aromatic carbocycles. The maximum atomic E-state index is 12.7. The minimum Gasteiger partial charge on any atom is -0.364 e. The van der Waals surface area contributed by atoms with Gasteiger partial charge in [-0.15, -0.1) is 0 Å². The van der Waals surface area contributed by atoms with Crippen molar-refractivity contribution in [3.8, 4) is 0 Å². The summed E-state index contributed by atoms with van der Waals surface area (Å²) in [5.41, 5.74) is -1.68. The number of nitrogens with zero attached hydrogens (tertiary/aromatic N) is 1. The molecule has 0 saturated heterocycles. The molecule has 3 rings (SSSR count). The molecule has 0 unspecified atom stereocenters. The molecule has 2 heterocycles. The summed E-state index contributed by atoms with van der Waals surface area (Å²) in [7, 11) is -4.18. The second-order valence-electron chi connectivity index (χ2n) is 4.92. The lowest BCUT2D eigenvalue weighted by atomic mass is 10.2. The van der Waals surface area contributed by atoms with Gasteiger partial charge in [-0.1, -0.05) is 5.16 Å². The number of aromatic nitrogens is 3. The normalized spacial score (nSPS) is 12.8.